The van der Waals surface area contributed by atoms with Crippen LogP contribution in [-0.4, -0.2) is 34.2 Å². The largest absolute Gasteiger partial charge is 0.395 e. The Bertz CT molecular complexity index is 942. The molecule has 0 radical (unpaired) electrons. The minimum Gasteiger partial charge on any atom is -0.395 e. The lowest BCUT2D eigenvalue weighted by Gasteiger charge is -2.29. The highest BCUT2D eigenvalue weighted by Gasteiger charge is 2.33. The summed E-state index contributed by atoms with van der Waals surface area (Å²) in [6.45, 7) is 1.55. The fourth-order valence-corrected chi connectivity index (χ4v) is 4.13. The molecule has 5 N–H and O–H groups in total. The molecule has 10 heteroatoms. The van der Waals surface area contributed by atoms with Crippen molar-refractivity contribution in [3.63, 3.8) is 0 Å². The van der Waals surface area contributed by atoms with E-state index < -0.39 is 23.7 Å². The summed E-state index contributed by atoms with van der Waals surface area (Å²) in [6, 6.07) is 4.47. The van der Waals surface area contributed by atoms with Gasteiger partial charge >= 0.3 is 0 Å². The van der Waals surface area contributed by atoms with E-state index in [1.165, 1.54) is 18.2 Å². The number of nitrogens with zero attached hydrogens (tertiary/aromatic N) is 2. The van der Waals surface area contributed by atoms with Crippen molar-refractivity contribution < 1.29 is 18.8 Å². The fraction of sp³-hybridized carbons (Fsp3) is 0.368. The van der Waals surface area contributed by atoms with Crippen LogP contribution in [0.3, 0.4) is 0 Å². The van der Waals surface area contributed by atoms with Gasteiger partial charge in [-0.05, 0) is 49.5 Å². The molecule has 1 aliphatic carbocycles. The first kappa shape index (κ1) is 20.7. The molecule has 3 amide bonds. The van der Waals surface area contributed by atoms with E-state index >= 15 is 0 Å². The molecule has 1 aliphatic rings. The highest BCUT2D eigenvalue weighted by atomic mass is 32.1. The van der Waals surface area contributed by atoms with Crippen LogP contribution in [0.15, 0.2) is 24.3 Å². The second kappa shape index (κ2) is 8.56. The van der Waals surface area contributed by atoms with Gasteiger partial charge in [-0.2, -0.15) is 4.37 Å². The molecule has 0 saturated heterocycles. The lowest BCUT2D eigenvalue weighted by atomic mass is 10.1. The number of nitrogens with two attached hydrogens (primary N) is 2. The van der Waals surface area contributed by atoms with Crippen molar-refractivity contribution in [2.75, 3.05) is 10.6 Å². The smallest absolute Gasteiger partial charge is 0.272 e. The second-order valence-electron chi connectivity index (χ2n) is 6.96. The third-order valence-corrected chi connectivity index (χ3v) is 5.78. The number of hydrogen-bond donors (Lipinski definition) is 3. The van der Waals surface area contributed by atoms with Gasteiger partial charge in [0.1, 0.15) is 16.7 Å². The molecule has 8 nitrogen and oxygen atoms in total. The van der Waals surface area contributed by atoms with Crippen molar-refractivity contribution in [3.8, 4) is 0 Å². The number of aromatic nitrogens is 1. The van der Waals surface area contributed by atoms with Gasteiger partial charge in [0.2, 0.25) is 5.91 Å². The van der Waals surface area contributed by atoms with Gasteiger partial charge in [0, 0.05) is 11.7 Å². The number of halogens is 1. The number of primary amides is 1. The summed E-state index contributed by atoms with van der Waals surface area (Å²) in [7, 11) is 0. The summed E-state index contributed by atoms with van der Waals surface area (Å²) in [5.41, 5.74) is 10.9. The minimum atomic E-state index is -0.941. The van der Waals surface area contributed by atoms with E-state index in [2.05, 4.69) is 9.69 Å². The average Bonchev–Trinajstić information content (AvgIpc) is 3.31. The summed E-state index contributed by atoms with van der Waals surface area (Å²) >= 11 is 0.709. The van der Waals surface area contributed by atoms with E-state index in [1.807, 2.05) is 0 Å². The number of anilines is 2. The Morgan fingerprint density at radius 2 is 2.00 bits per heavy atom. The number of amides is 3. The van der Waals surface area contributed by atoms with E-state index in [4.69, 9.17) is 11.5 Å². The van der Waals surface area contributed by atoms with Crippen molar-refractivity contribution in [1.82, 2.24) is 9.69 Å². The monoisotopic (exact) mass is 419 g/mol. The van der Waals surface area contributed by atoms with Crippen LogP contribution in [0.5, 0.6) is 0 Å². The number of hydrogen-bond acceptors (Lipinski definition) is 6. The Morgan fingerprint density at radius 1 is 1.31 bits per heavy atom. The quantitative estimate of drug-likeness (QED) is 0.659. The lowest BCUT2D eigenvalue weighted by molar-refractivity contribution is -0.122. The average molecular weight is 419 g/mol. The Hall–Kier alpha value is -3.01. The van der Waals surface area contributed by atoms with Gasteiger partial charge < -0.3 is 16.8 Å². The molecule has 1 fully saturated rings. The molecule has 1 saturated carbocycles. The number of nitrogens with one attached hydrogen (secondary N) is 1. The molecule has 1 atom stereocenters. The van der Waals surface area contributed by atoms with Gasteiger partial charge in [-0.15, -0.1) is 0 Å². The van der Waals surface area contributed by atoms with Crippen LogP contribution in [0.4, 0.5) is 15.8 Å². The van der Waals surface area contributed by atoms with Gasteiger partial charge in [0.15, 0.2) is 5.69 Å². The van der Waals surface area contributed by atoms with Crippen molar-refractivity contribution in [2.45, 2.75) is 44.7 Å². The molecule has 1 heterocycles. The fourth-order valence-electron chi connectivity index (χ4n) is 3.39. The zero-order valence-electron chi connectivity index (χ0n) is 15.9. The molecule has 3 rings (SSSR count). The van der Waals surface area contributed by atoms with E-state index in [-0.39, 0.29) is 33.9 Å². The van der Waals surface area contributed by atoms with Crippen LogP contribution >= 0.6 is 11.5 Å². The van der Waals surface area contributed by atoms with Crippen molar-refractivity contribution in [1.29, 1.82) is 0 Å². The van der Waals surface area contributed by atoms with Crippen LogP contribution in [0, 0.1) is 5.82 Å². The number of benzene rings is 1. The summed E-state index contributed by atoms with van der Waals surface area (Å²) < 4.78 is 17.7. The molecule has 2 aromatic rings. The topological polar surface area (TPSA) is 131 Å². The molecule has 0 aliphatic heterocycles. The zero-order chi connectivity index (χ0) is 21.1. The summed E-state index contributed by atoms with van der Waals surface area (Å²) in [6.07, 6.45) is 3.85. The Kier molecular flexibility index (Phi) is 6.12. The number of nitrogen functional groups attached to an aromatic ring is 1. The molecule has 1 aromatic heterocycles. The molecule has 0 bridgehead atoms. The third kappa shape index (κ3) is 4.37. The summed E-state index contributed by atoms with van der Waals surface area (Å²) in [5, 5.41) is 2.94. The third-order valence-electron chi connectivity index (χ3n) is 4.93. The maximum atomic E-state index is 13.8. The van der Waals surface area contributed by atoms with E-state index in [9.17, 15) is 18.8 Å². The van der Waals surface area contributed by atoms with Crippen LogP contribution in [-0.2, 0) is 4.79 Å². The Morgan fingerprint density at radius 3 is 2.59 bits per heavy atom. The van der Waals surface area contributed by atoms with Gasteiger partial charge in [-0.3, -0.25) is 19.3 Å². The molecule has 1 aromatic carbocycles. The lowest BCUT2D eigenvalue weighted by Crippen LogP contribution is -2.50. The Labute approximate surface area is 171 Å². The SMILES string of the molecule is C[C@@H](C(=O)NC1CCCC1)N(C(=O)c1snc(C(N)=O)c1N)c1cccc(F)c1. The van der Waals surface area contributed by atoms with Crippen LogP contribution in [0.2, 0.25) is 0 Å². The first-order chi connectivity index (χ1) is 13.8. The maximum absolute atomic E-state index is 13.8. The van der Waals surface area contributed by atoms with Gasteiger partial charge in [0.25, 0.3) is 11.8 Å². The van der Waals surface area contributed by atoms with Gasteiger partial charge in [0.05, 0.1) is 5.69 Å². The molecule has 0 unspecified atom stereocenters. The number of carbonyl (C=O) groups is 3. The van der Waals surface area contributed by atoms with Crippen LogP contribution < -0.4 is 21.7 Å². The summed E-state index contributed by atoms with van der Waals surface area (Å²) in [4.78, 5) is 38.6. The number of carbonyl (C=O) groups excluding carboxylic acids is 3. The highest BCUT2D eigenvalue weighted by molar-refractivity contribution is 7.09. The predicted octanol–water partition coefficient (Wildman–Crippen LogP) is 2.06. The summed E-state index contributed by atoms with van der Waals surface area (Å²) in [5.74, 6) is -2.43. The molecular formula is C19H22FN5O3S. The van der Waals surface area contributed by atoms with Gasteiger partial charge in [-0.1, -0.05) is 18.9 Å². The van der Waals surface area contributed by atoms with Crippen molar-refractivity contribution >= 4 is 40.6 Å². The molecular weight excluding hydrogens is 397 g/mol. The second-order valence-corrected chi connectivity index (χ2v) is 7.73. The maximum Gasteiger partial charge on any atom is 0.272 e. The van der Waals surface area contributed by atoms with E-state index in [1.54, 1.807) is 6.92 Å². The molecule has 154 valence electrons. The normalized spacial score (nSPS) is 15.1. The highest BCUT2D eigenvalue weighted by Crippen LogP contribution is 2.28. The predicted molar refractivity (Wildman–Crippen MR) is 108 cm³/mol. The zero-order valence-corrected chi connectivity index (χ0v) is 16.7. The molecule has 29 heavy (non-hydrogen) atoms. The van der Waals surface area contributed by atoms with Crippen molar-refractivity contribution in [2.24, 2.45) is 5.73 Å². The standard InChI is InChI=1S/C19H22FN5O3S/c1-10(18(27)23-12-6-2-3-7-12)25(13-8-4-5-11(20)9-13)19(28)16-14(21)15(17(22)26)24-29-16/h4-5,8-10,12H,2-3,6-7,21H2,1H3,(H2,22,26)(H,23,27)/t10-/m0/s1. The van der Waals surface area contributed by atoms with Crippen LogP contribution in [0.1, 0.15) is 52.8 Å². The van der Waals surface area contributed by atoms with E-state index in [0.29, 0.717) is 11.5 Å². The minimum absolute atomic E-state index is 0.0384. The molecule has 0 spiro atoms. The van der Waals surface area contributed by atoms with Gasteiger partial charge in [-0.25, -0.2) is 4.39 Å². The first-order valence-corrected chi connectivity index (χ1v) is 10.0. The van der Waals surface area contributed by atoms with Crippen LogP contribution in [0.25, 0.3) is 0 Å². The first-order valence-electron chi connectivity index (χ1n) is 9.24. The number of rotatable bonds is 6. The Balaban J connectivity index is 1.95. The van der Waals surface area contributed by atoms with Crippen molar-refractivity contribution in [3.05, 3.63) is 40.7 Å². The van der Waals surface area contributed by atoms with E-state index in [0.717, 1.165) is 36.6 Å².